The van der Waals surface area contributed by atoms with Crippen molar-refractivity contribution in [2.45, 2.75) is 70.9 Å². The number of nitrogens with zero attached hydrogens (tertiary/aromatic N) is 1. The molecule has 2 unspecified atom stereocenters. The van der Waals surface area contributed by atoms with Crippen molar-refractivity contribution in [3.63, 3.8) is 0 Å². The Balaban J connectivity index is 1.68. The molecule has 1 aliphatic heterocycles. The van der Waals surface area contributed by atoms with Gasteiger partial charge in [-0.3, -0.25) is 4.90 Å². The van der Waals surface area contributed by atoms with E-state index in [0.29, 0.717) is 5.41 Å². The molecule has 1 aromatic heterocycles. The van der Waals surface area contributed by atoms with E-state index >= 15 is 0 Å². The molecule has 1 saturated carbocycles. The van der Waals surface area contributed by atoms with Crippen LogP contribution in [0.5, 0.6) is 0 Å². The summed E-state index contributed by atoms with van der Waals surface area (Å²) in [6.07, 6.45) is 9.90. The van der Waals surface area contributed by atoms with Gasteiger partial charge in [0.25, 0.3) is 0 Å². The molecule has 0 radical (unpaired) electrons. The van der Waals surface area contributed by atoms with E-state index < -0.39 is 0 Å². The summed E-state index contributed by atoms with van der Waals surface area (Å²) in [7, 11) is 0. The van der Waals surface area contributed by atoms with Gasteiger partial charge in [0.15, 0.2) is 0 Å². The molecule has 0 bridgehead atoms. The Bertz CT molecular complexity index is 450. The zero-order valence-corrected chi connectivity index (χ0v) is 13.6. The molecular formula is C18H30N2O. The van der Waals surface area contributed by atoms with Gasteiger partial charge in [0.1, 0.15) is 11.5 Å². The van der Waals surface area contributed by atoms with Gasteiger partial charge in [-0.05, 0) is 70.2 Å². The summed E-state index contributed by atoms with van der Waals surface area (Å²) in [4.78, 5) is 2.56. The summed E-state index contributed by atoms with van der Waals surface area (Å²) in [6.45, 7) is 6.46. The highest BCUT2D eigenvalue weighted by Crippen LogP contribution is 2.45. The number of likely N-dealkylation sites (tertiary alicyclic amines) is 1. The zero-order valence-electron chi connectivity index (χ0n) is 13.6. The summed E-state index contributed by atoms with van der Waals surface area (Å²) < 4.78 is 5.88. The predicted molar refractivity (Wildman–Crippen MR) is 86.2 cm³/mol. The molecule has 118 valence electrons. The number of aryl methyl sites for hydroxylation is 1. The van der Waals surface area contributed by atoms with E-state index in [4.69, 9.17) is 10.2 Å². The van der Waals surface area contributed by atoms with Crippen molar-refractivity contribution in [3.8, 4) is 0 Å². The minimum Gasteiger partial charge on any atom is -0.465 e. The number of piperidine rings is 1. The van der Waals surface area contributed by atoms with Crippen molar-refractivity contribution in [1.29, 1.82) is 0 Å². The van der Waals surface area contributed by atoms with Crippen molar-refractivity contribution >= 4 is 0 Å². The number of nitrogens with two attached hydrogens (primary N) is 1. The second-order valence-corrected chi connectivity index (χ2v) is 7.35. The molecule has 21 heavy (non-hydrogen) atoms. The Morgan fingerprint density at radius 3 is 2.29 bits per heavy atom. The van der Waals surface area contributed by atoms with Crippen LogP contribution in [0.2, 0.25) is 0 Å². The lowest BCUT2D eigenvalue weighted by Crippen LogP contribution is -2.47. The van der Waals surface area contributed by atoms with Crippen LogP contribution >= 0.6 is 0 Å². The highest BCUT2D eigenvalue weighted by Gasteiger charge is 2.38. The molecule has 1 aromatic rings. The SMILES string of the molecule is Cc1ccc(C(C(C)N)N2CCC3(CCCCC3)CC2)o1. The number of rotatable bonds is 3. The van der Waals surface area contributed by atoms with E-state index in [1.807, 2.05) is 6.92 Å². The summed E-state index contributed by atoms with van der Waals surface area (Å²) >= 11 is 0. The largest absolute Gasteiger partial charge is 0.465 e. The van der Waals surface area contributed by atoms with Gasteiger partial charge in [-0.15, -0.1) is 0 Å². The van der Waals surface area contributed by atoms with Gasteiger partial charge in [-0.1, -0.05) is 19.3 Å². The molecule has 1 saturated heterocycles. The molecule has 2 fully saturated rings. The van der Waals surface area contributed by atoms with E-state index in [0.717, 1.165) is 11.5 Å². The molecule has 3 heteroatoms. The van der Waals surface area contributed by atoms with E-state index in [2.05, 4.69) is 24.0 Å². The van der Waals surface area contributed by atoms with Crippen LogP contribution < -0.4 is 5.73 Å². The van der Waals surface area contributed by atoms with Crippen molar-refractivity contribution < 1.29 is 4.42 Å². The fourth-order valence-electron chi connectivity index (χ4n) is 4.46. The van der Waals surface area contributed by atoms with Crippen LogP contribution in [0.15, 0.2) is 16.5 Å². The van der Waals surface area contributed by atoms with Crippen LogP contribution in [-0.2, 0) is 0 Å². The van der Waals surface area contributed by atoms with Crippen LogP contribution in [0.4, 0.5) is 0 Å². The standard InChI is InChI=1S/C18H30N2O/c1-14-6-7-16(21-14)17(15(2)19)20-12-10-18(11-13-20)8-4-3-5-9-18/h6-7,15,17H,3-5,8-13,19H2,1-2H3. The second-order valence-electron chi connectivity index (χ2n) is 7.35. The van der Waals surface area contributed by atoms with E-state index in [9.17, 15) is 0 Å². The normalized spacial score (nSPS) is 25.9. The van der Waals surface area contributed by atoms with Crippen LogP contribution in [0.1, 0.15) is 69.4 Å². The summed E-state index contributed by atoms with van der Waals surface area (Å²) in [5.74, 6) is 2.03. The van der Waals surface area contributed by atoms with Crippen molar-refractivity contribution in [2.75, 3.05) is 13.1 Å². The summed E-state index contributed by atoms with van der Waals surface area (Å²) in [5, 5.41) is 0. The fourth-order valence-corrected chi connectivity index (χ4v) is 4.46. The summed E-state index contributed by atoms with van der Waals surface area (Å²) in [6, 6.07) is 4.50. The van der Waals surface area contributed by atoms with Crippen LogP contribution in [0.25, 0.3) is 0 Å². The average molecular weight is 290 g/mol. The second kappa shape index (κ2) is 6.13. The number of hydrogen-bond acceptors (Lipinski definition) is 3. The zero-order chi connectivity index (χ0) is 14.9. The molecule has 2 aliphatic rings. The van der Waals surface area contributed by atoms with Crippen LogP contribution in [-0.4, -0.2) is 24.0 Å². The third kappa shape index (κ3) is 3.19. The highest BCUT2D eigenvalue weighted by atomic mass is 16.3. The predicted octanol–water partition coefficient (Wildman–Crippen LogP) is 4.02. The first-order valence-electron chi connectivity index (χ1n) is 8.66. The van der Waals surface area contributed by atoms with Crippen LogP contribution in [0, 0.1) is 12.3 Å². The average Bonchev–Trinajstić information content (AvgIpc) is 2.88. The third-order valence-corrected chi connectivity index (χ3v) is 5.72. The Kier molecular flexibility index (Phi) is 4.41. The first-order chi connectivity index (χ1) is 10.1. The Labute approximate surface area is 128 Å². The van der Waals surface area contributed by atoms with E-state index in [1.165, 1.54) is 58.0 Å². The molecule has 3 rings (SSSR count). The van der Waals surface area contributed by atoms with Gasteiger partial charge in [-0.2, -0.15) is 0 Å². The number of hydrogen-bond donors (Lipinski definition) is 1. The van der Waals surface area contributed by atoms with E-state index in [-0.39, 0.29) is 12.1 Å². The van der Waals surface area contributed by atoms with Crippen molar-refractivity contribution in [3.05, 3.63) is 23.7 Å². The maximum Gasteiger partial charge on any atom is 0.122 e. The van der Waals surface area contributed by atoms with Crippen molar-refractivity contribution in [2.24, 2.45) is 11.1 Å². The van der Waals surface area contributed by atoms with E-state index in [1.54, 1.807) is 0 Å². The number of furan rings is 1. The monoisotopic (exact) mass is 290 g/mol. The van der Waals surface area contributed by atoms with Gasteiger partial charge in [0, 0.05) is 6.04 Å². The fraction of sp³-hybridized carbons (Fsp3) is 0.778. The third-order valence-electron chi connectivity index (χ3n) is 5.72. The first-order valence-corrected chi connectivity index (χ1v) is 8.66. The lowest BCUT2D eigenvalue weighted by Gasteiger charge is -2.46. The molecule has 1 aliphatic carbocycles. The molecular weight excluding hydrogens is 260 g/mol. The molecule has 3 nitrogen and oxygen atoms in total. The van der Waals surface area contributed by atoms with Gasteiger partial charge in [0.05, 0.1) is 6.04 Å². The van der Waals surface area contributed by atoms with Gasteiger partial charge in [0.2, 0.25) is 0 Å². The molecule has 2 atom stereocenters. The van der Waals surface area contributed by atoms with Gasteiger partial charge >= 0.3 is 0 Å². The maximum absolute atomic E-state index is 6.28. The van der Waals surface area contributed by atoms with Gasteiger partial charge in [-0.25, -0.2) is 0 Å². The quantitative estimate of drug-likeness (QED) is 0.914. The van der Waals surface area contributed by atoms with Crippen LogP contribution in [0.3, 0.4) is 0 Å². The molecule has 2 heterocycles. The molecule has 2 N–H and O–H groups in total. The molecule has 1 spiro atoms. The lowest BCUT2D eigenvalue weighted by atomic mass is 9.68. The minimum absolute atomic E-state index is 0.107. The van der Waals surface area contributed by atoms with Crippen molar-refractivity contribution in [1.82, 2.24) is 4.90 Å². The lowest BCUT2D eigenvalue weighted by molar-refractivity contribution is 0.0331. The maximum atomic E-state index is 6.28. The Morgan fingerprint density at radius 1 is 1.10 bits per heavy atom. The smallest absolute Gasteiger partial charge is 0.122 e. The first kappa shape index (κ1) is 15.1. The Hall–Kier alpha value is -0.800. The molecule has 0 amide bonds. The topological polar surface area (TPSA) is 42.4 Å². The highest BCUT2D eigenvalue weighted by molar-refractivity contribution is 5.12. The Morgan fingerprint density at radius 2 is 1.76 bits per heavy atom. The van der Waals surface area contributed by atoms with Gasteiger partial charge < -0.3 is 10.2 Å². The minimum atomic E-state index is 0.107. The molecule has 0 aromatic carbocycles. The summed E-state index contributed by atoms with van der Waals surface area (Å²) in [5.41, 5.74) is 6.93.